The van der Waals surface area contributed by atoms with Gasteiger partial charge in [0.05, 0.1) is 28.4 Å². The number of rotatable bonds is 4. The van der Waals surface area contributed by atoms with E-state index in [-0.39, 0.29) is 23.4 Å². The summed E-state index contributed by atoms with van der Waals surface area (Å²) in [6.45, 7) is 1.47. The van der Waals surface area contributed by atoms with Crippen molar-refractivity contribution in [2.45, 2.75) is 19.0 Å². The van der Waals surface area contributed by atoms with E-state index < -0.39 is 23.9 Å². The van der Waals surface area contributed by atoms with E-state index in [1.165, 1.54) is 23.2 Å². The molecule has 0 unspecified atom stereocenters. The van der Waals surface area contributed by atoms with Crippen LogP contribution in [-0.4, -0.2) is 34.3 Å². The standard InChI is InChI=1S/C27H20N2O4S/c1-15(30)16-8-10-18(11-9-16)29-26(32)21-22(27(29)33)24(25(31)20-7-4-14-34-20)28-13-12-17-5-2-3-6-19(17)23(21)28/h2-14,21-24H,1H3/t21-,22+,23+,24+/m0/s1. The van der Waals surface area contributed by atoms with E-state index >= 15 is 0 Å². The highest BCUT2D eigenvalue weighted by atomic mass is 32.1. The van der Waals surface area contributed by atoms with Gasteiger partial charge in [-0.25, -0.2) is 4.90 Å². The normalized spacial score (nSPS) is 24.7. The van der Waals surface area contributed by atoms with Gasteiger partial charge in [-0.15, -0.1) is 11.3 Å². The molecule has 3 aliphatic rings. The summed E-state index contributed by atoms with van der Waals surface area (Å²) >= 11 is 1.34. The van der Waals surface area contributed by atoms with Gasteiger partial charge in [0.25, 0.3) is 0 Å². The quantitative estimate of drug-likeness (QED) is 0.420. The van der Waals surface area contributed by atoms with Gasteiger partial charge in [-0.2, -0.15) is 0 Å². The lowest BCUT2D eigenvalue weighted by Gasteiger charge is -2.35. The lowest BCUT2D eigenvalue weighted by molar-refractivity contribution is -0.123. The maximum absolute atomic E-state index is 13.8. The zero-order valence-corrected chi connectivity index (χ0v) is 19.1. The van der Waals surface area contributed by atoms with Crippen molar-refractivity contribution < 1.29 is 19.2 Å². The van der Waals surface area contributed by atoms with Gasteiger partial charge in [-0.05, 0) is 59.8 Å². The van der Waals surface area contributed by atoms with Gasteiger partial charge >= 0.3 is 0 Å². The number of amides is 2. The maximum atomic E-state index is 13.8. The molecule has 3 aromatic rings. The van der Waals surface area contributed by atoms with Gasteiger partial charge in [0, 0.05) is 11.8 Å². The van der Waals surface area contributed by atoms with E-state index in [0.29, 0.717) is 16.1 Å². The van der Waals surface area contributed by atoms with Crippen molar-refractivity contribution in [3.8, 4) is 0 Å². The van der Waals surface area contributed by atoms with Crippen LogP contribution in [-0.2, 0) is 9.59 Å². The topological polar surface area (TPSA) is 74.8 Å². The number of anilines is 1. The number of fused-ring (bicyclic) bond motifs is 5. The second-order valence-electron chi connectivity index (χ2n) is 8.79. The third-order valence-corrected chi connectivity index (χ3v) is 7.91. The number of hydrogen-bond donors (Lipinski definition) is 0. The Hall–Kier alpha value is -3.84. The summed E-state index contributed by atoms with van der Waals surface area (Å²) < 4.78 is 0. The van der Waals surface area contributed by atoms with Crippen molar-refractivity contribution >= 4 is 46.5 Å². The molecule has 7 heteroatoms. The first-order valence-electron chi connectivity index (χ1n) is 11.1. The molecule has 4 heterocycles. The van der Waals surface area contributed by atoms with Crippen molar-refractivity contribution in [1.82, 2.24) is 4.90 Å². The first kappa shape index (κ1) is 20.7. The molecule has 0 bridgehead atoms. The Morgan fingerprint density at radius 3 is 2.32 bits per heavy atom. The highest BCUT2D eigenvalue weighted by Crippen LogP contribution is 2.53. The Kier molecular flexibility index (Phi) is 4.64. The highest BCUT2D eigenvalue weighted by molar-refractivity contribution is 7.12. The van der Waals surface area contributed by atoms with Crippen LogP contribution < -0.4 is 4.90 Å². The van der Waals surface area contributed by atoms with Crippen LogP contribution in [0.25, 0.3) is 6.08 Å². The van der Waals surface area contributed by atoms with E-state index in [9.17, 15) is 19.2 Å². The zero-order valence-electron chi connectivity index (χ0n) is 18.3. The summed E-state index contributed by atoms with van der Waals surface area (Å²) in [5.41, 5.74) is 2.85. The SMILES string of the molecule is CC(=O)c1ccc(N2C(=O)[C@@H]3[C@H](C2=O)[C@H]2c4ccccc4C=CN2[C@H]3C(=O)c2cccs2)cc1. The number of thiophene rings is 1. The predicted molar refractivity (Wildman–Crippen MR) is 128 cm³/mol. The predicted octanol–water partition coefficient (Wildman–Crippen LogP) is 4.35. The molecule has 6 nitrogen and oxygen atoms in total. The molecule has 0 saturated carbocycles. The third-order valence-electron chi connectivity index (χ3n) is 7.03. The smallest absolute Gasteiger partial charge is 0.240 e. The van der Waals surface area contributed by atoms with Crippen LogP contribution in [0.15, 0.2) is 72.2 Å². The summed E-state index contributed by atoms with van der Waals surface area (Å²) in [4.78, 5) is 56.6. The van der Waals surface area contributed by atoms with E-state index in [1.54, 1.807) is 30.3 Å². The Morgan fingerprint density at radius 2 is 1.62 bits per heavy atom. The van der Waals surface area contributed by atoms with E-state index in [4.69, 9.17) is 0 Å². The summed E-state index contributed by atoms with van der Waals surface area (Å²) in [5, 5.41) is 1.84. The van der Waals surface area contributed by atoms with Gasteiger partial charge in [-0.3, -0.25) is 19.2 Å². The second kappa shape index (κ2) is 7.60. The number of Topliss-reactive ketones (excluding diaryl/α,β-unsaturated/α-hetero) is 2. The third kappa shape index (κ3) is 2.86. The van der Waals surface area contributed by atoms with Crippen molar-refractivity contribution in [1.29, 1.82) is 0 Å². The Bertz CT molecular complexity index is 1380. The monoisotopic (exact) mass is 468 g/mol. The molecule has 2 aromatic carbocycles. The molecule has 2 amide bonds. The van der Waals surface area contributed by atoms with Crippen LogP contribution in [0.3, 0.4) is 0 Å². The van der Waals surface area contributed by atoms with Gasteiger partial charge in [-0.1, -0.05) is 30.3 Å². The van der Waals surface area contributed by atoms with Gasteiger partial charge in [0.15, 0.2) is 11.6 Å². The molecule has 168 valence electrons. The highest BCUT2D eigenvalue weighted by Gasteiger charge is 2.64. The molecule has 1 aromatic heterocycles. The minimum atomic E-state index is -0.796. The van der Waals surface area contributed by atoms with Crippen LogP contribution in [0.2, 0.25) is 0 Å². The minimum absolute atomic E-state index is 0.0923. The fourth-order valence-electron chi connectivity index (χ4n) is 5.52. The number of carbonyl (C=O) groups is 4. The van der Waals surface area contributed by atoms with Crippen LogP contribution in [0, 0.1) is 11.8 Å². The summed E-state index contributed by atoms with van der Waals surface area (Å²) in [6.07, 6.45) is 3.79. The van der Waals surface area contributed by atoms with Crippen LogP contribution in [0.4, 0.5) is 5.69 Å². The lowest BCUT2D eigenvalue weighted by Crippen LogP contribution is -2.44. The lowest BCUT2D eigenvalue weighted by atomic mass is 9.84. The fourth-order valence-corrected chi connectivity index (χ4v) is 6.22. The largest absolute Gasteiger partial charge is 0.358 e. The van der Waals surface area contributed by atoms with Crippen molar-refractivity contribution in [2.24, 2.45) is 11.8 Å². The summed E-state index contributed by atoms with van der Waals surface area (Å²) in [7, 11) is 0. The Balaban J connectivity index is 1.47. The number of carbonyl (C=O) groups excluding carboxylic acids is 4. The fraction of sp³-hybridized carbons (Fsp3) is 0.185. The average Bonchev–Trinajstić information content (AvgIpc) is 3.55. The number of hydrogen-bond acceptors (Lipinski definition) is 6. The molecule has 2 fully saturated rings. The van der Waals surface area contributed by atoms with Crippen molar-refractivity contribution in [3.63, 3.8) is 0 Å². The number of imide groups is 1. The molecule has 3 aliphatic heterocycles. The molecule has 34 heavy (non-hydrogen) atoms. The van der Waals surface area contributed by atoms with E-state index in [2.05, 4.69) is 0 Å². The van der Waals surface area contributed by atoms with Crippen LogP contribution in [0.1, 0.15) is 44.1 Å². The molecule has 0 spiro atoms. The summed E-state index contributed by atoms with van der Waals surface area (Å²) in [6, 6.07) is 16.7. The van der Waals surface area contributed by atoms with Crippen LogP contribution in [0.5, 0.6) is 0 Å². The van der Waals surface area contributed by atoms with Crippen LogP contribution >= 0.6 is 11.3 Å². The Morgan fingerprint density at radius 1 is 0.882 bits per heavy atom. The van der Waals surface area contributed by atoms with Crippen molar-refractivity contribution in [3.05, 3.63) is 93.8 Å². The number of nitrogens with zero attached hydrogens (tertiary/aromatic N) is 2. The molecule has 0 radical (unpaired) electrons. The molecule has 6 rings (SSSR count). The first-order chi connectivity index (χ1) is 16.5. The molecular weight excluding hydrogens is 448 g/mol. The van der Waals surface area contributed by atoms with Gasteiger partial charge < -0.3 is 4.90 Å². The number of ketones is 2. The summed E-state index contributed by atoms with van der Waals surface area (Å²) in [5.74, 6) is -2.40. The zero-order chi connectivity index (χ0) is 23.6. The molecule has 2 saturated heterocycles. The van der Waals surface area contributed by atoms with E-state index in [0.717, 1.165) is 11.1 Å². The van der Waals surface area contributed by atoms with E-state index in [1.807, 2.05) is 52.9 Å². The Labute approximate surface area is 200 Å². The second-order valence-corrected chi connectivity index (χ2v) is 9.74. The van der Waals surface area contributed by atoms with Crippen molar-refractivity contribution in [2.75, 3.05) is 4.90 Å². The average molecular weight is 469 g/mol. The molecule has 4 atom stereocenters. The maximum Gasteiger partial charge on any atom is 0.240 e. The molecule has 0 N–H and O–H groups in total. The van der Waals surface area contributed by atoms with Gasteiger partial charge in [0.2, 0.25) is 11.8 Å². The number of benzene rings is 2. The van der Waals surface area contributed by atoms with Gasteiger partial charge in [0.1, 0.15) is 6.04 Å². The first-order valence-corrected chi connectivity index (χ1v) is 12.0. The minimum Gasteiger partial charge on any atom is -0.358 e. The molecule has 0 aliphatic carbocycles. The molecular formula is C27H20N2O4S.